The van der Waals surface area contributed by atoms with Gasteiger partial charge in [0.05, 0.1) is 67.5 Å². The van der Waals surface area contributed by atoms with E-state index >= 15 is 0 Å². The first-order valence-corrected chi connectivity index (χ1v) is 15.4. The number of carbonyl (C=O) groups is 1. The number of rotatable bonds is 6. The third-order valence-corrected chi connectivity index (χ3v) is 10.1. The van der Waals surface area contributed by atoms with Gasteiger partial charge in [0.15, 0.2) is 12.4 Å². The maximum absolute atomic E-state index is 13.0. The van der Waals surface area contributed by atoms with Crippen LogP contribution in [0.1, 0.15) is 44.9 Å². The van der Waals surface area contributed by atoms with Crippen LogP contribution in [0.4, 0.5) is 0 Å². The van der Waals surface area contributed by atoms with Crippen molar-refractivity contribution in [3.63, 3.8) is 0 Å². The van der Waals surface area contributed by atoms with Crippen LogP contribution in [0.5, 0.6) is 0 Å². The summed E-state index contributed by atoms with van der Waals surface area (Å²) in [4.78, 5) is 13.0. The van der Waals surface area contributed by atoms with E-state index in [4.69, 9.17) is 18.9 Å². The van der Waals surface area contributed by atoms with Gasteiger partial charge in [-0.1, -0.05) is 0 Å². The fourth-order valence-corrected chi connectivity index (χ4v) is 7.57. The van der Waals surface area contributed by atoms with E-state index in [0.717, 1.165) is 0 Å². The van der Waals surface area contributed by atoms with Crippen molar-refractivity contribution in [2.24, 2.45) is 17.8 Å². The van der Waals surface area contributed by atoms with Crippen molar-refractivity contribution in [3.8, 4) is 0 Å². The van der Waals surface area contributed by atoms with E-state index in [2.05, 4.69) is 0 Å². The van der Waals surface area contributed by atoms with Gasteiger partial charge in [-0.2, -0.15) is 0 Å². The Morgan fingerprint density at radius 3 is 1.98 bits per heavy atom. The largest absolute Gasteiger partial charge is 0.454 e. The highest BCUT2D eigenvalue weighted by Crippen LogP contribution is 2.42. The maximum Gasteiger partial charge on any atom is 0.309 e. The van der Waals surface area contributed by atoms with Crippen molar-refractivity contribution in [2.75, 3.05) is 6.61 Å². The van der Waals surface area contributed by atoms with Gasteiger partial charge < -0.3 is 75.1 Å². The van der Waals surface area contributed by atoms with Crippen molar-refractivity contribution in [1.29, 1.82) is 0 Å². The average molecular weight is 639 g/mol. The van der Waals surface area contributed by atoms with Crippen molar-refractivity contribution in [1.82, 2.24) is 0 Å². The molecule has 5 fully saturated rings. The van der Waals surface area contributed by atoms with Crippen LogP contribution < -0.4 is 0 Å². The second kappa shape index (κ2) is 13.9. The summed E-state index contributed by atoms with van der Waals surface area (Å²) in [5, 5.41) is 114. The highest BCUT2D eigenvalue weighted by Gasteiger charge is 2.53. The highest BCUT2D eigenvalue weighted by atomic mass is 16.7. The molecule has 3 aliphatic carbocycles. The maximum atomic E-state index is 13.0. The minimum Gasteiger partial charge on any atom is -0.454 e. The monoisotopic (exact) mass is 638 g/mol. The Morgan fingerprint density at radius 1 is 0.659 bits per heavy atom. The Labute approximate surface area is 253 Å². The Balaban J connectivity index is 1.30. The molecule has 5 aliphatic rings. The molecule has 0 spiro atoms. The molecule has 254 valence electrons. The topological polar surface area (TPSA) is 277 Å². The molecule has 0 aromatic rings. The molecule has 2 saturated heterocycles. The van der Waals surface area contributed by atoms with Crippen LogP contribution in [0.15, 0.2) is 0 Å². The number of hydrogen-bond acceptors (Lipinski definition) is 16. The molecule has 5 rings (SSSR count). The van der Waals surface area contributed by atoms with Gasteiger partial charge in [0.1, 0.15) is 30.5 Å². The van der Waals surface area contributed by atoms with Crippen molar-refractivity contribution >= 4 is 5.97 Å². The number of carbonyl (C=O) groups excluding carboxylic acids is 1. The van der Waals surface area contributed by atoms with Crippen LogP contribution in [0.25, 0.3) is 0 Å². The first-order valence-electron chi connectivity index (χ1n) is 15.4. The number of aliphatic hydroxyl groups is 11. The molecule has 17 atom stereocenters. The molecule has 0 amide bonds. The number of ether oxygens (including phenoxy) is 4. The molecule has 44 heavy (non-hydrogen) atoms. The summed E-state index contributed by atoms with van der Waals surface area (Å²) in [5.41, 5.74) is 0. The van der Waals surface area contributed by atoms with Crippen molar-refractivity contribution < 1.29 is 79.9 Å². The summed E-state index contributed by atoms with van der Waals surface area (Å²) < 4.78 is 23.2. The zero-order valence-corrected chi connectivity index (χ0v) is 24.1. The Hall–Kier alpha value is -1.09. The summed E-state index contributed by atoms with van der Waals surface area (Å²) in [6.45, 7) is -0.752. The van der Waals surface area contributed by atoms with E-state index in [0.29, 0.717) is 0 Å². The first kappa shape index (κ1) is 34.3. The van der Waals surface area contributed by atoms with E-state index in [1.807, 2.05) is 0 Å². The van der Waals surface area contributed by atoms with Gasteiger partial charge in [0.2, 0.25) is 0 Å². The molecule has 0 bridgehead atoms. The lowest BCUT2D eigenvalue weighted by Gasteiger charge is -2.50. The lowest BCUT2D eigenvalue weighted by atomic mass is 9.72. The van der Waals surface area contributed by atoms with Gasteiger partial charge in [-0.15, -0.1) is 0 Å². The Morgan fingerprint density at radius 2 is 1.32 bits per heavy atom. The van der Waals surface area contributed by atoms with Crippen molar-refractivity contribution in [2.45, 2.75) is 143 Å². The molecule has 0 aromatic heterocycles. The number of aliphatic hydroxyl groups excluding tert-OH is 11. The third kappa shape index (κ3) is 6.94. The molecular formula is C28H46O16. The molecule has 11 N–H and O–H groups in total. The SMILES string of the molecule is O=C(OC1C(OC2CC(C3OC4CC(O)CC(O)C4CC3O)CC(O)C2O)OC(CO)C(O)C1O)C1CC(O)C(O)C(O)C1. The van der Waals surface area contributed by atoms with E-state index in [9.17, 15) is 61.0 Å². The predicted octanol–water partition coefficient (Wildman–Crippen LogP) is -5.00. The quantitative estimate of drug-likeness (QED) is 0.122. The van der Waals surface area contributed by atoms with Crippen molar-refractivity contribution in [3.05, 3.63) is 0 Å². The molecular weight excluding hydrogens is 592 g/mol. The summed E-state index contributed by atoms with van der Waals surface area (Å²) in [6, 6.07) is 0. The number of fused-ring (bicyclic) bond motifs is 1. The normalized spacial score (nSPS) is 53.5. The zero-order valence-electron chi connectivity index (χ0n) is 24.1. The first-order chi connectivity index (χ1) is 20.8. The van der Waals surface area contributed by atoms with Gasteiger partial charge in [-0.3, -0.25) is 4.79 Å². The number of hydrogen-bond donors (Lipinski definition) is 11. The predicted molar refractivity (Wildman–Crippen MR) is 142 cm³/mol. The molecule has 3 saturated carbocycles. The summed E-state index contributed by atoms with van der Waals surface area (Å²) >= 11 is 0. The Bertz CT molecular complexity index is 960. The van der Waals surface area contributed by atoms with Gasteiger partial charge in [-0.05, 0) is 50.9 Å². The highest BCUT2D eigenvalue weighted by molar-refractivity contribution is 5.73. The third-order valence-electron chi connectivity index (χ3n) is 10.1. The van der Waals surface area contributed by atoms with Crippen LogP contribution in [0.3, 0.4) is 0 Å². The summed E-state index contributed by atoms with van der Waals surface area (Å²) in [6.07, 6.45) is -20.4. The summed E-state index contributed by atoms with van der Waals surface area (Å²) in [7, 11) is 0. The van der Waals surface area contributed by atoms with Gasteiger partial charge >= 0.3 is 5.97 Å². The van der Waals surface area contributed by atoms with Crippen LogP contribution in [-0.2, 0) is 23.7 Å². The van der Waals surface area contributed by atoms with E-state index < -0.39 is 122 Å². The smallest absolute Gasteiger partial charge is 0.309 e. The fraction of sp³-hybridized carbons (Fsp3) is 0.964. The fourth-order valence-electron chi connectivity index (χ4n) is 7.57. The van der Waals surface area contributed by atoms with E-state index in [1.54, 1.807) is 0 Å². The Kier molecular flexibility index (Phi) is 10.9. The van der Waals surface area contributed by atoms with Crippen LogP contribution in [-0.4, -0.2) is 167 Å². The van der Waals surface area contributed by atoms with Crippen LogP contribution >= 0.6 is 0 Å². The number of esters is 1. The minimum absolute atomic E-state index is 0.00428. The van der Waals surface area contributed by atoms with Crippen LogP contribution in [0, 0.1) is 17.8 Å². The van der Waals surface area contributed by atoms with Gasteiger partial charge in [0, 0.05) is 5.92 Å². The molecule has 16 nitrogen and oxygen atoms in total. The van der Waals surface area contributed by atoms with Gasteiger partial charge in [-0.25, -0.2) is 0 Å². The molecule has 2 heterocycles. The second-order valence-electron chi connectivity index (χ2n) is 13.2. The van der Waals surface area contributed by atoms with Gasteiger partial charge in [0.25, 0.3) is 0 Å². The average Bonchev–Trinajstić information content (AvgIpc) is 2.97. The minimum atomic E-state index is -1.83. The molecule has 0 radical (unpaired) electrons. The molecule has 17 unspecified atom stereocenters. The molecule has 0 aromatic carbocycles. The lowest BCUT2D eigenvalue weighted by Crippen LogP contribution is -2.63. The second-order valence-corrected chi connectivity index (χ2v) is 13.2. The summed E-state index contributed by atoms with van der Waals surface area (Å²) in [5.74, 6) is -3.02. The molecule has 2 aliphatic heterocycles. The molecule has 16 heteroatoms. The standard InChI is InChI=1S/C28H46O16/c29-8-20-23(38)24(39)26(44-27(40)10-2-14(32)21(36)15(33)3-10)28(43-20)42-19-4-9(1-16(34)22(19)37)25-17(35)7-12-13(31)5-11(30)6-18(12)41-25/h9-26,28-39H,1-8H2. The zero-order chi connectivity index (χ0) is 32.0. The van der Waals surface area contributed by atoms with E-state index in [-0.39, 0.29) is 50.9 Å². The lowest BCUT2D eigenvalue weighted by molar-refractivity contribution is -0.327. The van der Waals surface area contributed by atoms with Crippen LogP contribution in [0.2, 0.25) is 0 Å². The van der Waals surface area contributed by atoms with E-state index in [1.165, 1.54) is 0 Å².